The maximum Gasteiger partial charge on any atom is 0.249 e. The number of para-hydroxylation sites is 1. The first-order valence-electron chi connectivity index (χ1n) is 5.78. The van der Waals surface area contributed by atoms with Crippen molar-refractivity contribution in [3.8, 4) is 5.75 Å². The van der Waals surface area contributed by atoms with E-state index in [4.69, 9.17) is 0 Å². The van der Waals surface area contributed by atoms with Crippen LogP contribution in [0, 0.1) is 0 Å². The smallest absolute Gasteiger partial charge is 0.249 e. The highest BCUT2D eigenvalue weighted by Gasteiger charge is 2.42. The molecule has 2 rings (SSSR count). The molecule has 0 atom stereocenters. The van der Waals surface area contributed by atoms with Crippen LogP contribution in [0.1, 0.15) is 27.7 Å². The summed E-state index contributed by atoms with van der Waals surface area (Å²) in [4.78, 5) is 14.0. The topological polar surface area (TPSA) is 52.6 Å². The summed E-state index contributed by atoms with van der Waals surface area (Å²) in [6.07, 6.45) is 0. The number of aromatic hydroxyl groups is 1. The van der Waals surface area contributed by atoms with Gasteiger partial charge in [-0.25, -0.2) is 0 Å². The van der Waals surface area contributed by atoms with E-state index in [-0.39, 0.29) is 17.7 Å². The van der Waals surface area contributed by atoms with Gasteiger partial charge in [0.2, 0.25) is 5.91 Å². The van der Waals surface area contributed by atoms with Crippen LogP contribution >= 0.6 is 0 Å². The monoisotopic (exact) mass is 234 g/mol. The van der Waals surface area contributed by atoms with Crippen LogP contribution in [0.25, 0.3) is 0 Å². The van der Waals surface area contributed by atoms with Gasteiger partial charge in [-0.05, 0) is 39.8 Å². The number of fused-ring (bicyclic) bond motifs is 1. The Hall–Kier alpha value is -1.71. The number of benzene rings is 1. The van der Waals surface area contributed by atoms with Crippen LogP contribution < -0.4 is 10.2 Å². The van der Waals surface area contributed by atoms with Crippen LogP contribution in [0.3, 0.4) is 0 Å². The van der Waals surface area contributed by atoms with Crippen LogP contribution in [-0.4, -0.2) is 22.6 Å². The molecule has 1 aliphatic heterocycles. The van der Waals surface area contributed by atoms with Gasteiger partial charge in [0.15, 0.2) is 0 Å². The van der Waals surface area contributed by atoms with Gasteiger partial charge in [-0.15, -0.1) is 0 Å². The largest absolute Gasteiger partial charge is 0.506 e. The number of rotatable bonds is 1. The van der Waals surface area contributed by atoms with Gasteiger partial charge in [0, 0.05) is 6.04 Å². The average molecular weight is 234 g/mol. The second-order valence-electron chi connectivity index (χ2n) is 5.15. The van der Waals surface area contributed by atoms with Crippen molar-refractivity contribution in [1.29, 1.82) is 0 Å². The van der Waals surface area contributed by atoms with E-state index in [1.807, 2.05) is 32.6 Å². The Morgan fingerprint density at radius 3 is 2.59 bits per heavy atom. The molecule has 0 fully saturated rings. The van der Waals surface area contributed by atoms with E-state index >= 15 is 0 Å². The maximum absolute atomic E-state index is 12.1. The molecule has 0 spiro atoms. The highest BCUT2D eigenvalue weighted by atomic mass is 16.3. The summed E-state index contributed by atoms with van der Waals surface area (Å²) in [6, 6.07) is 5.30. The number of carbonyl (C=O) groups is 1. The Bertz CT molecular complexity index is 466. The molecule has 2 N–H and O–H groups in total. The van der Waals surface area contributed by atoms with E-state index in [0.717, 1.165) is 0 Å². The van der Waals surface area contributed by atoms with E-state index in [0.29, 0.717) is 11.4 Å². The summed E-state index contributed by atoms with van der Waals surface area (Å²) in [5.41, 5.74) is 0.704. The summed E-state index contributed by atoms with van der Waals surface area (Å²) in [5.74, 6) is 0.147. The minimum absolute atomic E-state index is 0.0516. The second kappa shape index (κ2) is 3.65. The van der Waals surface area contributed by atoms with Gasteiger partial charge >= 0.3 is 0 Å². The molecule has 1 aromatic rings. The number of anilines is 2. The van der Waals surface area contributed by atoms with E-state index in [2.05, 4.69) is 5.32 Å². The molecular weight excluding hydrogens is 216 g/mol. The van der Waals surface area contributed by atoms with Crippen LogP contribution in [0.2, 0.25) is 0 Å². The lowest BCUT2D eigenvalue weighted by Gasteiger charge is -2.46. The van der Waals surface area contributed by atoms with Crippen molar-refractivity contribution >= 4 is 17.3 Å². The van der Waals surface area contributed by atoms with Crippen LogP contribution in [0.4, 0.5) is 11.4 Å². The molecule has 1 aromatic carbocycles. The number of hydrogen-bond acceptors (Lipinski definition) is 3. The van der Waals surface area contributed by atoms with E-state index in [1.165, 1.54) is 0 Å². The van der Waals surface area contributed by atoms with Crippen molar-refractivity contribution in [3.63, 3.8) is 0 Å². The molecular formula is C13H18N2O2. The molecule has 1 aliphatic rings. The van der Waals surface area contributed by atoms with Crippen LogP contribution in [0.5, 0.6) is 5.75 Å². The number of nitrogens with one attached hydrogen (secondary N) is 1. The summed E-state index contributed by atoms with van der Waals surface area (Å²) in [7, 11) is 0. The van der Waals surface area contributed by atoms with Crippen molar-refractivity contribution in [2.45, 2.75) is 39.3 Å². The molecule has 0 aliphatic carbocycles. The summed E-state index contributed by atoms with van der Waals surface area (Å²) < 4.78 is 0. The van der Waals surface area contributed by atoms with Crippen molar-refractivity contribution in [1.82, 2.24) is 0 Å². The third-order valence-electron chi connectivity index (χ3n) is 3.18. The third-order valence-corrected chi connectivity index (χ3v) is 3.18. The molecule has 4 heteroatoms. The predicted molar refractivity (Wildman–Crippen MR) is 68.4 cm³/mol. The Morgan fingerprint density at radius 1 is 1.35 bits per heavy atom. The lowest BCUT2D eigenvalue weighted by Crippen LogP contribution is -2.58. The lowest BCUT2D eigenvalue weighted by atomic mass is 9.94. The number of nitrogens with zero attached hydrogens (tertiary/aromatic N) is 1. The lowest BCUT2D eigenvalue weighted by molar-refractivity contribution is -0.120. The summed E-state index contributed by atoms with van der Waals surface area (Å²) in [5, 5.41) is 12.8. The first-order valence-corrected chi connectivity index (χ1v) is 5.78. The molecule has 0 bridgehead atoms. The third kappa shape index (κ3) is 1.64. The number of hydrogen-bond donors (Lipinski definition) is 2. The molecule has 1 heterocycles. The Labute approximate surface area is 101 Å². The predicted octanol–water partition coefficient (Wildman–Crippen LogP) is 2.34. The molecule has 92 valence electrons. The molecule has 4 nitrogen and oxygen atoms in total. The summed E-state index contributed by atoms with van der Waals surface area (Å²) in [6.45, 7) is 7.74. The van der Waals surface area contributed by atoms with Gasteiger partial charge < -0.3 is 15.3 Å². The fraction of sp³-hybridized carbons (Fsp3) is 0.462. The molecule has 17 heavy (non-hydrogen) atoms. The van der Waals surface area contributed by atoms with Crippen molar-refractivity contribution < 1.29 is 9.90 Å². The zero-order valence-electron chi connectivity index (χ0n) is 10.6. The SMILES string of the molecule is CC(C)N1c2c(O)cccc2NC(=O)C1(C)C. The first-order chi connectivity index (χ1) is 7.85. The molecule has 0 radical (unpaired) electrons. The van der Waals surface area contributed by atoms with E-state index in [1.54, 1.807) is 18.2 Å². The first kappa shape index (κ1) is 11.8. The Kier molecular flexibility index (Phi) is 2.53. The van der Waals surface area contributed by atoms with Crippen LogP contribution in [0.15, 0.2) is 18.2 Å². The maximum atomic E-state index is 12.1. The molecule has 0 saturated carbocycles. The standard InChI is InChI=1S/C13H18N2O2/c1-8(2)15-11-9(6-5-7-10(11)16)14-12(17)13(15,3)4/h5-8,16H,1-4H3,(H,14,17). The summed E-state index contributed by atoms with van der Waals surface area (Å²) >= 11 is 0. The Morgan fingerprint density at radius 2 is 2.00 bits per heavy atom. The fourth-order valence-electron chi connectivity index (χ4n) is 2.45. The van der Waals surface area contributed by atoms with Gasteiger partial charge in [-0.2, -0.15) is 0 Å². The Balaban J connectivity index is 2.66. The van der Waals surface area contributed by atoms with Gasteiger partial charge in [0.05, 0.1) is 5.69 Å². The molecule has 0 unspecified atom stereocenters. The number of phenolic OH excluding ortho intramolecular Hbond substituents is 1. The van der Waals surface area contributed by atoms with Crippen molar-refractivity contribution in [2.24, 2.45) is 0 Å². The zero-order chi connectivity index (χ0) is 12.8. The van der Waals surface area contributed by atoms with Gasteiger partial charge in [-0.3, -0.25) is 4.79 Å². The van der Waals surface area contributed by atoms with Crippen molar-refractivity contribution in [3.05, 3.63) is 18.2 Å². The molecule has 1 amide bonds. The van der Waals surface area contributed by atoms with Gasteiger partial charge in [0.1, 0.15) is 17.0 Å². The fourth-order valence-corrected chi connectivity index (χ4v) is 2.45. The van der Waals surface area contributed by atoms with E-state index < -0.39 is 5.54 Å². The second-order valence-corrected chi connectivity index (χ2v) is 5.15. The normalized spacial score (nSPS) is 17.9. The van der Waals surface area contributed by atoms with Gasteiger partial charge in [-0.1, -0.05) is 6.07 Å². The molecule has 0 aromatic heterocycles. The number of phenols is 1. The zero-order valence-corrected chi connectivity index (χ0v) is 10.6. The minimum atomic E-state index is -0.667. The minimum Gasteiger partial charge on any atom is -0.506 e. The average Bonchev–Trinajstić information content (AvgIpc) is 2.20. The molecule has 0 saturated heterocycles. The highest BCUT2D eigenvalue weighted by Crippen LogP contribution is 2.43. The number of amides is 1. The van der Waals surface area contributed by atoms with E-state index in [9.17, 15) is 9.90 Å². The van der Waals surface area contributed by atoms with Crippen LogP contribution in [-0.2, 0) is 4.79 Å². The quantitative estimate of drug-likeness (QED) is 0.784. The number of carbonyl (C=O) groups excluding carboxylic acids is 1. The highest BCUT2D eigenvalue weighted by molar-refractivity contribution is 6.07. The van der Waals surface area contributed by atoms with Crippen molar-refractivity contribution in [2.75, 3.05) is 10.2 Å². The van der Waals surface area contributed by atoms with Gasteiger partial charge in [0.25, 0.3) is 0 Å².